The number of hydrogen-bond acceptors (Lipinski definition) is 2. The van der Waals surface area contributed by atoms with Crippen molar-refractivity contribution >= 4 is 11.8 Å². The Balaban J connectivity index is 1.84. The molecule has 0 saturated carbocycles. The van der Waals surface area contributed by atoms with Gasteiger partial charge in [-0.2, -0.15) is 0 Å². The molecule has 2 aromatic carbocycles. The molecule has 0 atom stereocenters. The molecule has 4 heteroatoms. The number of nitrogens with one attached hydrogen (secondary N) is 2. The molecule has 0 aromatic heterocycles. The summed E-state index contributed by atoms with van der Waals surface area (Å²) in [5.41, 5.74) is 3.55. The van der Waals surface area contributed by atoms with Crippen LogP contribution in [0.5, 0.6) is 0 Å². The third kappa shape index (κ3) is 5.18. The van der Waals surface area contributed by atoms with E-state index in [0.29, 0.717) is 23.0 Å². The maximum Gasteiger partial charge on any atom is 0.252 e. The minimum Gasteiger partial charge on any atom is -0.335 e. The normalized spacial score (nSPS) is 10.8. The fourth-order valence-electron chi connectivity index (χ4n) is 2.45. The van der Waals surface area contributed by atoms with Crippen LogP contribution in [-0.4, -0.2) is 18.5 Å². The molecule has 0 radical (unpaired) electrons. The van der Waals surface area contributed by atoms with Gasteiger partial charge in [-0.15, -0.1) is 0 Å². The van der Waals surface area contributed by atoms with E-state index in [-0.39, 0.29) is 18.5 Å². The van der Waals surface area contributed by atoms with Gasteiger partial charge in [-0.3, -0.25) is 9.59 Å². The van der Waals surface area contributed by atoms with Crippen LogP contribution in [0.25, 0.3) is 0 Å². The van der Waals surface area contributed by atoms with Gasteiger partial charge in [-0.25, -0.2) is 0 Å². The minimum absolute atomic E-state index is 0.0928. The smallest absolute Gasteiger partial charge is 0.252 e. The van der Waals surface area contributed by atoms with E-state index >= 15 is 0 Å². The van der Waals surface area contributed by atoms with Crippen molar-refractivity contribution in [1.82, 2.24) is 10.6 Å². The Morgan fingerprint density at radius 1 is 0.680 bits per heavy atom. The second-order valence-electron chi connectivity index (χ2n) is 6.74. The predicted molar refractivity (Wildman–Crippen MR) is 101 cm³/mol. The van der Waals surface area contributed by atoms with E-state index in [2.05, 4.69) is 38.3 Å². The van der Waals surface area contributed by atoms with Crippen LogP contribution in [0.4, 0.5) is 0 Å². The largest absolute Gasteiger partial charge is 0.335 e. The van der Waals surface area contributed by atoms with Crippen LogP contribution in [0.15, 0.2) is 48.5 Å². The molecule has 132 valence electrons. The Hall–Kier alpha value is -2.62. The number of carbonyl (C=O) groups excluding carboxylic acids is 2. The van der Waals surface area contributed by atoms with Crippen LogP contribution in [0.1, 0.15) is 71.4 Å². The zero-order valence-corrected chi connectivity index (χ0v) is 15.3. The van der Waals surface area contributed by atoms with Crippen molar-refractivity contribution in [3.63, 3.8) is 0 Å². The fraction of sp³-hybridized carbons (Fsp3) is 0.333. The lowest BCUT2D eigenvalue weighted by atomic mass is 10.0. The Morgan fingerprint density at radius 3 is 1.28 bits per heavy atom. The van der Waals surface area contributed by atoms with Crippen molar-refractivity contribution in [3.05, 3.63) is 70.8 Å². The number of hydrogen-bond donors (Lipinski definition) is 2. The summed E-state index contributed by atoms with van der Waals surface area (Å²) in [6.07, 6.45) is 0. The van der Waals surface area contributed by atoms with E-state index in [0.717, 1.165) is 0 Å². The lowest BCUT2D eigenvalue weighted by Crippen LogP contribution is -2.37. The second kappa shape index (κ2) is 8.47. The zero-order valence-electron chi connectivity index (χ0n) is 15.3. The lowest BCUT2D eigenvalue weighted by Gasteiger charge is -2.10. The van der Waals surface area contributed by atoms with Crippen molar-refractivity contribution in [2.75, 3.05) is 6.67 Å². The van der Waals surface area contributed by atoms with E-state index in [1.165, 1.54) is 11.1 Å². The molecule has 25 heavy (non-hydrogen) atoms. The Kier molecular flexibility index (Phi) is 6.34. The molecule has 0 fully saturated rings. The highest BCUT2D eigenvalue weighted by Gasteiger charge is 2.09. The fourth-order valence-corrected chi connectivity index (χ4v) is 2.45. The molecule has 2 aromatic rings. The number of benzene rings is 2. The van der Waals surface area contributed by atoms with E-state index in [4.69, 9.17) is 0 Å². The van der Waals surface area contributed by atoms with Crippen LogP contribution in [0, 0.1) is 0 Å². The van der Waals surface area contributed by atoms with Crippen molar-refractivity contribution in [2.24, 2.45) is 0 Å². The molecule has 0 heterocycles. The summed E-state index contributed by atoms with van der Waals surface area (Å²) in [6.45, 7) is 8.53. The lowest BCUT2D eigenvalue weighted by molar-refractivity contribution is 0.0920. The highest BCUT2D eigenvalue weighted by molar-refractivity contribution is 5.96. The summed E-state index contributed by atoms with van der Waals surface area (Å²) in [6, 6.07) is 15.0. The summed E-state index contributed by atoms with van der Waals surface area (Å²) in [5, 5.41) is 5.41. The first-order valence-electron chi connectivity index (χ1n) is 8.64. The molecular formula is C21H26N2O2. The Labute approximate surface area is 149 Å². The molecule has 0 aliphatic heterocycles. The van der Waals surface area contributed by atoms with Crippen LogP contribution < -0.4 is 10.6 Å². The average molecular weight is 338 g/mol. The summed E-state index contributed by atoms with van der Waals surface area (Å²) >= 11 is 0. The second-order valence-corrected chi connectivity index (χ2v) is 6.74. The van der Waals surface area contributed by atoms with Crippen molar-refractivity contribution in [3.8, 4) is 0 Å². The SMILES string of the molecule is CC(C)c1ccc(C(=O)NCNC(=O)c2ccc(C(C)C)cc2)cc1. The van der Waals surface area contributed by atoms with Gasteiger partial charge in [0.1, 0.15) is 0 Å². The summed E-state index contributed by atoms with van der Waals surface area (Å²) in [5.74, 6) is 0.452. The third-order valence-corrected chi connectivity index (χ3v) is 4.18. The van der Waals surface area contributed by atoms with Crippen molar-refractivity contribution in [1.29, 1.82) is 0 Å². The molecule has 2 amide bonds. The summed E-state index contributed by atoms with van der Waals surface area (Å²) < 4.78 is 0. The van der Waals surface area contributed by atoms with Gasteiger partial charge in [0.25, 0.3) is 11.8 Å². The number of carbonyl (C=O) groups is 2. The van der Waals surface area contributed by atoms with Gasteiger partial charge >= 0.3 is 0 Å². The van der Waals surface area contributed by atoms with Gasteiger partial charge in [0, 0.05) is 11.1 Å². The molecule has 4 nitrogen and oxygen atoms in total. The predicted octanol–water partition coefficient (Wildman–Crippen LogP) is 4.05. The van der Waals surface area contributed by atoms with Crippen LogP contribution in [-0.2, 0) is 0 Å². The molecule has 0 spiro atoms. The van der Waals surface area contributed by atoms with Gasteiger partial charge in [0.05, 0.1) is 6.67 Å². The highest BCUT2D eigenvalue weighted by atomic mass is 16.2. The van der Waals surface area contributed by atoms with E-state index in [9.17, 15) is 9.59 Å². The van der Waals surface area contributed by atoms with E-state index < -0.39 is 0 Å². The first-order chi connectivity index (χ1) is 11.9. The molecule has 0 aliphatic carbocycles. The first kappa shape index (κ1) is 18.7. The molecule has 0 saturated heterocycles. The van der Waals surface area contributed by atoms with Gasteiger partial charge in [0.15, 0.2) is 0 Å². The summed E-state index contributed by atoms with van der Waals surface area (Å²) in [4.78, 5) is 24.2. The van der Waals surface area contributed by atoms with Gasteiger partial charge in [0.2, 0.25) is 0 Å². The number of rotatable bonds is 6. The zero-order chi connectivity index (χ0) is 18.4. The average Bonchev–Trinajstić information content (AvgIpc) is 2.61. The maximum absolute atomic E-state index is 12.1. The van der Waals surface area contributed by atoms with E-state index in [1.807, 2.05) is 24.3 Å². The standard InChI is InChI=1S/C21H26N2O2/c1-14(2)16-5-9-18(10-6-16)20(24)22-13-23-21(25)19-11-7-17(8-12-19)15(3)4/h5-12,14-15H,13H2,1-4H3,(H,22,24)(H,23,25). The Morgan fingerprint density at radius 2 is 1.00 bits per heavy atom. The van der Waals surface area contributed by atoms with E-state index in [1.54, 1.807) is 24.3 Å². The molecular weight excluding hydrogens is 312 g/mol. The highest BCUT2D eigenvalue weighted by Crippen LogP contribution is 2.15. The quantitative estimate of drug-likeness (QED) is 0.781. The van der Waals surface area contributed by atoms with Crippen LogP contribution in [0.2, 0.25) is 0 Å². The van der Waals surface area contributed by atoms with Crippen LogP contribution >= 0.6 is 0 Å². The molecule has 2 N–H and O–H groups in total. The maximum atomic E-state index is 12.1. The monoisotopic (exact) mass is 338 g/mol. The molecule has 0 bridgehead atoms. The van der Waals surface area contributed by atoms with Crippen LogP contribution in [0.3, 0.4) is 0 Å². The molecule has 2 rings (SSSR count). The third-order valence-electron chi connectivity index (χ3n) is 4.18. The van der Waals surface area contributed by atoms with Gasteiger partial charge in [-0.1, -0.05) is 52.0 Å². The van der Waals surface area contributed by atoms with Gasteiger partial charge in [-0.05, 0) is 47.2 Å². The molecule has 0 aliphatic rings. The first-order valence-corrected chi connectivity index (χ1v) is 8.64. The van der Waals surface area contributed by atoms with Crippen molar-refractivity contribution < 1.29 is 9.59 Å². The topological polar surface area (TPSA) is 58.2 Å². The summed E-state index contributed by atoms with van der Waals surface area (Å²) in [7, 11) is 0. The Bertz CT molecular complexity index is 653. The minimum atomic E-state index is -0.203. The van der Waals surface area contributed by atoms with Crippen molar-refractivity contribution in [2.45, 2.75) is 39.5 Å². The van der Waals surface area contributed by atoms with Gasteiger partial charge < -0.3 is 10.6 Å². The number of amides is 2. The molecule has 0 unspecified atom stereocenters.